The van der Waals surface area contributed by atoms with E-state index in [2.05, 4.69) is 15.4 Å². The minimum atomic E-state index is -4.69. The number of halogens is 3. The second kappa shape index (κ2) is 7.51. The van der Waals surface area contributed by atoms with Gasteiger partial charge in [-0.1, -0.05) is 13.8 Å². The van der Waals surface area contributed by atoms with Crippen LogP contribution in [0.4, 0.5) is 13.2 Å². The summed E-state index contributed by atoms with van der Waals surface area (Å²) >= 11 is 0. The standard InChI is InChI=1S/C20H19F3N4O3/c1-11(2)9-24-19(28)13-10-25-27-17(20(21,22)23)8-14(26-18(13)27)12-3-4-15-16(7-12)30-6-5-29-15/h3-4,7-8,10-11H,5-6,9H2,1-2H3,(H,24,28). The van der Waals surface area contributed by atoms with Gasteiger partial charge in [-0.2, -0.15) is 18.3 Å². The molecular weight excluding hydrogens is 401 g/mol. The summed E-state index contributed by atoms with van der Waals surface area (Å²) in [5, 5.41) is 6.45. The highest BCUT2D eigenvalue weighted by Gasteiger charge is 2.36. The van der Waals surface area contributed by atoms with E-state index in [1.165, 1.54) is 0 Å². The second-order valence-corrected chi connectivity index (χ2v) is 7.28. The Hall–Kier alpha value is -3.30. The van der Waals surface area contributed by atoms with Gasteiger partial charge in [-0.15, -0.1) is 0 Å². The summed E-state index contributed by atoms with van der Waals surface area (Å²) in [5.74, 6) is 0.596. The molecule has 0 spiro atoms. The highest BCUT2D eigenvalue weighted by molar-refractivity contribution is 5.99. The summed E-state index contributed by atoms with van der Waals surface area (Å²) in [6.45, 7) is 4.95. The molecule has 0 aliphatic carbocycles. The van der Waals surface area contributed by atoms with E-state index in [-0.39, 0.29) is 22.8 Å². The fourth-order valence-corrected chi connectivity index (χ4v) is 3.07. The highest BCUT2D eigenvalue weighted by atomic mass is 19.4. The summed E-state index contributed by atoms with van der Waals surface area (Å²) in [5.41, 5.74) is -0.774. The van der Waals surface area contributed by atoms with Gasteiger partial charge in [0.15, 0.2) is 22.8 Å². The van der Waals surface area contributed by atoms with E-state index in [0.29, 0.717) is 41.3 Å². The lowest BCUT2D eigenvalue weighted by Gasteiger charge is -2.19. The van der Waals surface area contributed by atoms with E-state index < -0.39 is 17.8 Å². The molecule has 1 aliphatic rings. The maximum absolute atomic E-state index is 13.7. The number of alkyl halides is 3. The molecular formula is C20H19F3N4O3. The molecule has 3 aromatic rings. The number of benzene rings is 1. The zero-order valence-corrected chi connectivity index (χ0v) is 16.3. The van der Waals surface area contributed by atoms with Crippen LogP contribution in [0.15, 0.2) is 30.5 Å². The molecule has 1 aliphatic heterocycles. The van der Waals surface area contributed by atoms with Gasteiger partial charge in [0, 0.05) is 12.1 Å². The number of rotatable bonds is 4. The Bertz CT molecular complexity index is 1110. The predicted molar refractivity (Wildman–Crippen MR) is 102 cm³/mol. The molecule has 30 heavy (non-hydrogen) atoms. The lowest BCUT2D eigenvalue weighted by atomic mass is 10.1. The molecule has 7 nitrogen and oxygen atoms in total. The van der Waals surface area contributed by atoms with Crippen LogP contribution in [0.3, 0.4) is 0 Å². The highest BCUT2D eigenvalue weighted by Crippen LogP contribution is 2.36. The van der Waals surface area contributed by atoms with E-state index in [0.717, 1.165) is 12.3 Å². The average Bonchev–Trinajstić information content (AvgIpc) is 3.14. The van der Waals surface area contributed by atoms with Crippen LogP contribution in [-0.2, 0) is 6.18 Å². The average molecular weight is 420 g/mol. The number of aromatic nitrogens is 3. The molecule has 2 aromatic heterocycles. The summed E-state index contributed by atoms with van der Waals surface area (Å²) in [6.07, 6.45) is -3.59. The van der Waals surface area contributed by atoms with Crippen molar-refractivity contribution in [1.82, 2.24) is 19.9 Å². The first kappa shape index (κ1) is 20.0. The first-order chi connectivity index (χ1) is 14.2. The maximum atomic E-state index is 13.7. The van der Waals surface area contributed by atoms with Crippen molar-refractivity contribution in [1.29, 1.82) is 0 Å². The molecule has 158 valence electrons. The van der Waals surface area contributed by atoms with Crippen LogP contribution >= 0.6 is 0 Å². The molecule has 0 atom stereocenters. The molecule has 3 heterocycles. The second-order valence-electron chi connectivity index (χ2n) is 7.28. The minimum absolute atomic E-state index is 0.0273. The molecule has 0 radical (unpaired) electrons. The lowest BCUT2D eigenvalue weighted by molar-refractivity contribution is -0.142. The topological polar surface area (TPSA) is 77.8 Å². The molecule has 0 unspecified atom stereocenters. The Morgan fingerprint density at radius 3 is 2.63 bits per heavy atom. The third-order valence-corrected chi connectivity index (χ3v) is 4.52. The summed E-state index contributed by atoms with van der Waals surface area (Å²) in [7, 11) is 0. The first-order valence-corrected chi connectivity index (χ1v) is 9.38. The quantitative estimate of drug-likeness (QED) is 0.698. The van der Waals surface area contributed by atoms with Gasteiger partial charge in [0.1, 0.15) is 18.8 Å². The summed E-state index contributed by atoms with van der Waals surface area (Å²) in [4.78, 5) is 16.8. The van der Waals surface area contributed by atoms with Crippen LogP contribution in [0.5, 0.6) is 11.5 Å². The van der Waals surface area contributed by atoms with Gasteiger partial charge < -0.3 is 14.8 Å². The van der Waals surface area contributed by atoms with Crippen molar-refractivity contribution in [3.63, 3.8) is 0 Å². The number of fused-ring (bicyclic) bond motifs is 2. The van der Waals surface area contributed by atoms with Crippen LogP contribution in [0.25, 0.3) is 16.9 Å². The van der Waals surface area contributed by atoms with Crippen molar-refractivity contribution < 1.29 is 27.4 Å². The largest absolute Gasteiger partial charge is 0.486 e. The zero-order chi connectivity index (χ0) is 21.5. The van der Waals surface area contributed by atoms with Gasteiger partial charge >= 0.3 is 6.18 Å². The summed E-state index contributed by atoms with van der Waals surface area (Å²) in [6, 6.07) is 5.69. The third-order valence-electron chi connectivity index (χ3n) is 4.52. The molecule has 0 bridgehead atoms. The Labute approximate surface area is 169 Å². The van der Waals surface area contributed by atoms with E-state index in [9.17, 15) is 18.0 Å². The normalized spacial score (nSPS) is 13.7. The van der Waals surface area contributed by atoms with Gasteiger partial charge in [0.05, 0.1) is 11.9 Å². The number of hydrogen-bond acceptors (Lipinski definition) is 5. The van der Waals surface area contributed by atoms with Crippen molar-refractivity contribution >= 4 is 11.6 Å². The SMILES string of the molecule is CC(C)CNC(=O)c1cnn2c(C(F)(F)F)cc(-c3ccc4c(c3)OCCO4)nc12. The Morgan fingerprint density at radius 1 is 1.20 bits per heavy atom. The van der Waals surface area contributed by atoms with Crippen molar-refractivity contribution in [3.8, 4) is 22.8 Å². The molecule has 0 fully saturated rings. The molecule has 1 amide bonds. The van der Waals surface area contributed by atoms with Crippen molar-refractivity contribution in [2.24, 2.45) is 5.92 Å². The van der Waals surface area contributed by atoms with Crippen LogP contribution < -0.4 is 14.8 Å². The summed E-state index contributed by atoms with van der Waals surface area (Å²) < 4.78 is 52.8. The van der Waals surface area contributed by atoms with E-state index in [4.69, 9.17) is 9.47 Å². The minimum Gasteiger partial charge on any atom is -0.486 e. The number of nitrogens with one attached hydrogen (secondary N) is 1. The van der Waals surface area contributed by atoms with Crippen molar-refractivity contribution in [3.05, 3.63) is 41.7 Å². The van der Waals surface area contributed by atoms with Crippen LogP contribution in [0, 0.1) is 5.92 Å². The van der Waals surface area contributed by atoms with E-state index >= 15 is 0 Å². The van der Waals surface area contributed by atoms with Gasteiger partial charge in [0.2, 0.25) is 0 Å². The number of ether oxygens (including phenoxy) is 2. The fourth-order valence-electron chi connectivity index (χ4n) is 3.07. The van der Waals surface area contributed by atoms with Crippen LogP contribution in [-0.4, -0.2) is 40.3 Å². The number of amides is 1. The zero-order valence-electron chi connectivity index (χ0n) is 16.3. The number of hydrogen-bond donors (Lipinski definition) is 1. The molecule has 0 saturated carbocycles. The Kier molecular flexibility index (Phi) is 5.00. The third kappa shape index (κ3) is 3.77. The maximum Gasteiger partial charge on any atom is 0.433 e. The molecule has 1 N–H and O–H groups in total. The fraction of sp³-hybridized carbons (Fsp3) is 0.350. The molecule has 10 heteroatoms. The van der Waals surface area contributed by atoms with Gasteiger partial charge in [-0.25, -0.2) is 9.50 Å². The molecule has 0 saturated heterocycles. The monoisotopic (exact) mass is 420 g/mol. The lowest BCUT2D eigenvalue weighted by Crippen LogP contribution is -2.27. The van der Waals surface area contributed by atoms with Gasteiger partial charge in [0.25, 0.3) is 5.91 Å². The van der Waals surface area contributed by atoms with E-state index in [1.54, 1.807) is 18.2 Å². The van der Waals surface area contributed by atoms with Gasteiger partial charge in [-0.05, 0) is 30.2 Å². The van der Waals surface area contributed by atoms with E-state index in [1.807, 2.05) is 13.8 Å². The van der Waals surface area contributed by atoms with Crippen molar-refractivity contribution in [2.45, 2.75) is 20.0 Å². The smallest absolute Gasteiger partial charge is 0.433 e. The molecule has 4 rings (SSSR count). The Morgan fingerprint density at radius 2 is 1.93 bits per heavy atom. The van der Waals surface area contributed by atoms with Gasteiger partial charge in [-0.3, -0.25) is 4.79 Å². The number of nitrogens with zero attached hydrogens (tertiary/aromatic N) is 3. The van der Waals surface area contributed by atoms with Crippen LogP contribution in [0.1, 0.15) is 29.9 Å². The van der Waals surface area contributed by atoms with Crippen molar-refractivity contribution in [2.75, 3.05) is 19.8 Å². The predicted octanol–water partition coefficient (Wildman–Crippen LogP) is 3.57. The number of carbonyl (C=O) groups is 1. The van der Waals surface area contributed by atoms with Crippen LogP contribution in [0.2, 0.25) is 0 Å². The Balaban J connectivity index is 1.84. The number of carbonyl (C=O) groups excluding carboxylic acids is 1. The molecule has 1 aromatic carbocycles. The first-order valence-electron chi connectivity index (χ1n) is 9.38.